The molecule has 0 unspecified atom stereocenters. The van der Waals surface area contributed by atoms with E-state index in [0.29, 0.717) is 12.3 Å². The number of hydrogen-bond acceptors (Lipinski definition) is 4. The highest BCUT2D eigenvalue weighted by Crippen LogP contribution is 2.31. The minimum atomic E-state index is -0.559. The molecule has 1 heterocycles. The van der Waals surface area contributed by atoms with Crippen LogP contribution >= 0.6 is 0 Å². The fourth-order valence-electron chi connectivity index (χ4n) is 2.11. The molecular weight excluding hydrogens is 270 g/mol. The van der Waals surface area contributed by atoms with E-state index >= 15 is 0 Å². The van der Waals surface area contributed by atoms with Gasteiger partial charge in [-0.05, 0) is 24.5 Å². The van der Waals surface area contributed by atoms with Crippen LogP contribution in [0.5, 0.6) is 5.75 Å². The molecule has 0 radical (unpaired) electrons. The van der Waals surface area contributed by atoms with Crippen molar-refractivity contribution in [2.24, 2.45) is 0 Å². The second-order valence-electron chi connectivity index (χ2n) is 4.66. The molecule has 3 amide bonds. The molecule has 1 aromatic rings. The van der Waals surface area contributed by atoms with Crippen LogP contribution in [0.1, 0.15) is 12.0 Å². The Bertz CT molecular complexity index is 543. The Hall–Kier alpha value is -2.50. The topological polar surface area (TPSA) is 79.5 Å². The van der Waals surface area contributed by atoms with Gasteiger partial charge in [0.1, 0.15) is 5.75 Å². The second kappa shape index (κ2) is 7.33. The number of para-hydroxylation sites is 1. The molecule has 2 rings (SSSR count). The third-order valence-electron chi connectivity index (χ3n) is 3.06. The number of benzene rings is 1. The lowest BCUT2D eigenvalue weighted by atomic mass is 10.0. The SMILES string of the molecule is C=CCNC(=O)NC(=O)COc1cccc2c1NCCC2. The molecule has 0 aliphatic carbocycles. The molecule has 3 N–H and O–H groups in total. The van der Waals surface area contributed by atoms with Crippen molar-refractivity contribution in [1.29, 1.82) is 0 Å². The Morgan fingerprint density at radius 1 is 1.43 bits per heavy atom. The molecule has 0 aromatic heterocycles. The Balaban J connectivity index is 1.87. The lowest BCUT2D eigenvalue weighted by molar-refractivity contribution is -0.121. The van der Waals surface area contributed by atoms with Crippen LogP contribution in [0.15, 0.2) is 30.9 Å². The second-order valence-corrected chi connectivity index (χ2v) is 4.66. The van der Waals surface area contributed by atoms with Crippen LogP contribution in [-0.2, 0) is 11.2 Å². The highest BCUT2D eigenvalue weighted by Gasteiger charge is 2.14. The maximum atomic E-state index is 11.6. The monoisotopic (exact) mass is 289 g/mol. The first-order valence-corrected chi connectivity index (χ1v) is 6.88. The summed E-state index contributed by atoms with van der Waals surface area (Å²) >= 11 is 0. The van der Waals surface area contributed by atoms with E-state index in [0.717, 1.165) is 25.1 Å². The first-order valence-electron chi connectivity index (χ1n) is 6.88. The number of imide groups is 1. The number of fused-ring (bicyclic) bond motifs is 1. The normalized spacial score (nSPS) is 12.6. The maximum Gasteiger partial charge on any atom is 0.321 e. The van der Waals surface area contributed by atoms with Crippen molar-refractivity contribution in [2.75, 3.05) is 25.0 Å². The summed E-state index contributed by atoms with van der Waals surface area (Å²) in [6, 6.07) is 5.19. The van der Waals surface area contributed by atoms with Gasteiger partial charge in [0.05, 0.1) is 5.69 Å². The van der Waals surface area contributed by atoms with Crippen LogP contribution < -0.4 is 20.7 Å². The minimum absolute atomic E-state index is 0.209. The Morgan fingerprint density at radius 2 is 2.29 bits per heavy atom. The molecule has 1 aliphatic rings. The number of carbonyl (C=O) groups excluding carboxylic acids is 2. The molecule has 1 aliphatic heterocycles. The summed E-state index contributed by atoms with van der Waals surface area (Å²) in [7, 11) is 0. The molecule has 0 saturated carbocycles. The zero-order valence-electron chi connectivity index (χ0n) is 11.8. The highest BCUT2D eigenvalue weighted by molar-refractivity contribution is 5.95. The molecule has 0 atom stereocenters. The highest BCUT2D eigenvalue weighted by atomic mass is 16.5. The summed E-state index contributed by atoms with van der Waals surface area (Å²) in [5, 5.41) is 7.91. The van der Waals surface area contributed by atoms with Crippen molar-refractivity contribution in [3.05, 3.63) is 36.4 Å². The third kappa shape index (κ3) is 4.24. The van der Waals surface area contributed by atoms with E-state index in [9.17, 15) is 9.59 Å². The summed E-state index contributed by atoms with van der Waals surface area (Å²) in [6.45, 7) is 4.45. The summed E-state index contributed by atoms with van der Waals surface area (Å²) < 4.78 is 5.50. The fraction of sp³-hybridized carbons (Fsp3) is 0.333. The summed E-state index contributed by atoms with van der Waals surface area (Å²) in [6.07, 6.45) is 3.61. The number of hydrogen-bond donors (Lipinski definition) is 3. The van der Waals surface area contributed by atoms with Gasteiger partial charge in [-0.3, -0.25) is 10.1 Å². The van der Waals surface area contributed by atoms with Crippen molar-refractivity contribution >= 4 is 17.6 Å². The van der Waals surface area contributed by atoms with Gasteiger partial charge in [-0.25, -0.2) is 4.79 Å². The summed E-state index contributed by atoms with van der Waals surface area (Å²) in [5.74, 6) is 0.138. The van der Waals surface area contributed by atoms with Gasteiger partial charge in [0.2, 0.25) is 0 Å². The van der Waals surface area contributed by atoms with E-state index in [1.165, 1.54) is 11.6 Å². The van der Waals surface area contributed by atoms with E-state index in [1.807, 2.05) is 18.2 Å². The third-order valence-corrected chi connectivity index (χ3v) is 3.06. The van der Waals surface area contributed by atoms with Crippen molar-refractivity contribution in [3.63, 3.8) is 0 Å². The molecular formula is C15H19N3O3. The molecule has 0 bridgehead atoms. The van der Waals surface area contributed by atoms with Gasteiger partial charge in [-0.1, -0.05) is 18.2 Å². The predicted octanol–water partition coefficient (Wildman–Crippen LogP) is 1.44. The van der Waals surface area contributed by atoms with E-state index in [4.69, 9.17) is 4.74 Å². The average molecular weight is 289 g/mol. The largest absolute Gasteiger partial charge is 0.482 e. The molecule has 0 fully saturated rings. The number of aryl methyl sites for hydroxylation is 1. The lowest BCUT2D eigenvalue weighted by Crippen LogP contribution is -2.41. The van der Waals surface area contributed by atoms with Gasteiger partial charge in [-0.15, -0.1) is 6.58 Å². The molecule has 6 nitrogen and oxygen atoms in total. The van der Waals surface area contributed by atoms with Gasteiger partial charge in [0.15, 0.2) is 6.61 Å². The number of amides is 3. The van der Waals surface area contributed by atoms with E-state index in [2.05, 4.69) is 22.5 Å². The standard InChI is InChI=1S/C15H19N3O3/c1-2-8-17-15(20)18-13(19)10-21-12-7-3-5-11-6-4-9-16-14(11)12/h2-3,5,7,16H,1,4,6,8-10H2,(H2,17,18,19,20). The average Bonchev–Trinajstić information content (AvgIpc) is 2.51. The quantitative estimate of drug-likeness (QED) is 0.717. The minimum Gasteiger partial charge on any atom is -0.482 e. The maximum absolute atomic E-state index is 11.6. The number of rotatable bonds is 5. The Labute approximate surface area is 123 Å². The van der Waals surface area contributed by atoms with E-state index in [1.54, 1.807) is 0 Å². The zero-order chi connectivity index (χ0) is 15.1. The van der Waals surface area contributed by atoms with Crippen LogP contribution in [0.2, 0.25) is 0 Å². The van der Waals surface area contributed by atoms with Crippen molar-refractivity contribution in [2.45, 2.75) is 12.8 Å². The number of nitrogens with one attached hydrogen (secondary N) is 3. The number of anilines is 1. The molecule has 1 aromatic carbocycles. The lowest BCUT2D eigenvalue weighted by Gasteiger charge is -2.20. The van der Waals surface area contributed by atoms with Crippen molar-refractivity contribution in [3.8, 4) is 5.75 Å². The van der Waals surface area contributed by atoms with Gasteiger partial charge in [-0.2, -0.15) is 0 Å². The molecule has 6 heteroatoms. The molecule has 21 heavy (non-hydrogen) atoms. The number of ether oxygens (including phenoxy) is 1. The molecule has 112 valence electrons. The van der Waals surface area contributed by atoms with Crippen LogP contribution in [0.25, 0.3) is 0 Å². The van der Waals surface area contributed by atoms with Crippen LogP contribution in [-0.4, -0.2) is 31.6 Å². The van der Waals surface area contributed by atoms with Crippen LogP contribution in [0.3, 0.4) is 0 Å². The summed E-state index contributed by atoms with van der Waals surface area (Å²) in [4.78, 5) is 22.9. The first-order chi connectivity index (χ1) is 10.2. The van der Waals surface area contributed by atoms with Gasteiger partial charge in [0, 0.05) is 13.1 Å². The first kappa shape index (κ1) is 14.9. The number of urea groups is 1. The zero-order valence-corrected chi connectivity index (χ0v) is 11.8. The van der Waals surface area contributed by atoms with E-state index < -0.39 is 11.9 Å². The Kier molecular flexibility index (Phi) is 5.20. The van der Waals surface area contributed by atoms with Gasteiger partial charge in [0.25, 0.3) is 5.91 Å². The Morgan fingerprint density at radius 3 is 3.10 bits per heavy atom. The predicted molar refractivity (Wildman–Crippen MR) is 80.5 cm³/mol. The van der Waals surface area contributed by atoms with Crippen LogP contribution in [0.4, 0.5) is 10.5 Å². The van der Waals surface area contributed by atoms with Gasteiger partial charge < -0.3 is 15.4 Å². The molecule has 0 spiro atoms. The molecule has 0 saturated heterocycles. The smallest absolute Gasteiger partial charge is 0.321 e. The van der Waals surface area contributed by atoms with Crippen LogP contribution in [0, 0.1) is 0 Å². The van der Waals surface area contributed by atoms with Crippen molar-refractivity contribution in [1.82, 2.24) is 10.6 Å². The van der Waals surface area contributed by atoms with E-state index in [-0.39, 0.29) is 6.61 Å². The van der Waals surface area contributed by atoms with Gasteiger partial charge >= 0.3 is 6.03 Å². The van der Waals surface area contributed by atoms with Crippen molar-refractivity contribution < 1.29 is 14.3 Å². The number of carbonyl (C=O) groups is 2. The summed E-state index contributed by atoms with van der Waals surface area (Å²) in [5.41, 5.74) is 2.12. The fourth-order valence-corrected chi connectivity index (χ4v) is 2.11.